The van der Waals surface area contributed by atoms with Crippen LogP contribution in [0, 0.1) is 0 Å². The van der Waals surface area contributed by atoms with Gasteiger partial charge in [-0.25, -0.2) is 14.6 Å². The minimum Gasteiger partial charge on any atom is -0.242 e. The Kier molecular flexibility index (Phi) is 1.49. The molecule has 0 aromatic carbocycles. The van der Waals surface area contributed by atoms with Gasteiger partial charge in [-0.1, -0.05) is 13.8 Å². The summed E-state index contributed by atoms with van der Waals surface area (Å²) in [5.74, 6) is 1.06. The van der Waals surface area contributed by atoms with Crippen LogP contribution in [0.15, 0.2) is 10.8 Å². The van der Waals surface area contributed by atoms with Crippen LogP contribution in [0.4, 0.5) is 0 Å². The lowest BCUT2D eigenvalue weighted by molar-refractivity contribution is 0.314. The Morgan fingerprint density at radius 1 is 1.33 bits per heavy atom. The Morgan fingerprint density at radius 3 is 2.92 bits per heavy atom. The molecule has 0 N–H and O–H groups in total. The van der Waals surface area contributed by atoms with Crippen molar-refractivity contribution < 1.29 is 4.63 Å². The third-order valence-electron chi connectivity index (χ3n) is 1.55. The molecule has 0 spiro atoms. The van der Waals surface area contributed by atoms with E-state index >= 15 is 0 Å². The van der Waals surface area contributed by atoms with E-state index in [4.69, 9.17) is 0 Å². The van der Waals surface area contributed by atoms with Crippen LogP contribution in [-0.4, -0.2) is 20.3 Å². The van der Waals surface area contributed by atoms with Crippen LogP contribution < -0.4 is 0 Å². The van der Waals surface area contributed by atoms with Crippen LogP contribution in [0.2, 0.25) is 0 Å². The first-order valence-corrected chi connectivity index (χ1v) is 3.72. The molecule has 0 saturated heterocycles. The van der Waals surface area contributed by atoms with Crippen LogP contribution in [-0.2, 0) is 0 Å². The first kappa shape index (κ1) is 7.15. The topological polar surface area (TPSA) is 64.7 Å². The van der Waals surface area contributed by atoms with Gasteiger partial charge in [-0.15, -0.1) is 0 Å². The van der Waals surface area contributed by atoms with Crippen LogP contribution in [0.5, 0.6) is 0 Å². The molecule has 0 atom stereocenters. The van der Waals surface area contributed by atoms with E-state index in [0.717, 1.165) is 5.82 Å². The molecule has 12 heavy (non-hydrogen) atoms. The molecule has 0 fully saturated rings. The highest BCUT2D eigenvalue weighted by Crippen LogP contribution is 2.11. The lowest BCUT2D eigenvalue weighted by atomic mass is 10.2. The number of hydrogen-bond acceptors (Lipinski definition) is 5. The molecule has 2 rings (SSSR count). The molecular weight excluding hydrogens is 156 g/mol. The van der Waals surface area contributed by atoms with Crippen molar-refractivity contribution in [2.75, 3.05) is 0 Å². The van der Waals surface area contributed by atoms with Gasteiger partial charge in [0, 0.05) is 5.92 Å². The van der Waals surface area contributed by atoms with Crippen LogP contribution in [0.1, 0.15) is 25.6 Å². The Balaban J connectivity index is 2.60. The molecule has 0 unspecified atom stereocenters. The molecular formula is C7H8N4O. The quantitative estimate of drug-likeness (QED) is 0.632. The zero-order chi connectivity index (χ0) is 8.55. The third-order valence-corrected chi connectivity index (χ3v) is 1.55. The minimum atomic E-state index is 0.297. The van der Waals surface area contributed by atoms with E-state index in [1.165, 1.54) is 0 Å². The summed E-state index contributed by atoms with van der Waals surface area (Å²) < 4.78 is 4.50. The lowest BCUT2D eigenvalue weighted by Gasteiger charge is -1.99. The summed E-state index contributed by atoms with van der Waals surface area (Å²) in [5.41, 5.74) is 1.12. The van der Waals surface area contributed by atoms with E-state index in [9.17, 15) is 0 Å². The number of fused-ring (bicyclic) bond motifs is 1. The van der Waals surface area contributed by atoms with Crippen molar-refractivity contribution in [1.29, 1.82) is 0 Å². The predicted octanol–water partition coefficient (Wildman–Crippen LogP) is 1.14. The smallest absolute Gasteiger partial charge is 0.227 e. The molecule has 5 heteroatoms. The average molecular weight is 164 g/mol. The molecule has 0 aliphatic rings. The van der Waals surface area contributed by atoms with Gasteiger partial charge < -0.3 is 0 Å². The highest BCUT2D eigenvalue weighted by Gasteiger charge is 2.06. The van der Waals surface area contributed by atoms with Crippen LogP contribution in [0.3, 0.4) is 0 Å². The molecule has 2 aromatic heterocycles. The van der Waals surface area contributed by atoms with Crippen molar-refractivity contribution in [1.82, 2.24) is 20.3 Å². The second kappa shape index (κ2) is 2.51. The molecule has 0 aliphatic carbocycles. The maximum Gasteiger partial charge on any atom is 0.227 e. The number of nitrogens with zero attached hydrogens (tertiary/aromatic N) is 4. The summed E-state index contributed by atoms with van der Waals surface area (Å²) >= 11 is 0. The molecule has 0 bridgehead atoms. The zero-order valence-electron chi connectivity index (χ0n) is 6.85. The van der Waals surface area contributed by atoms with E-state index in [2.05, 4.69) is 24.9 Å². The van der Waals surface area contributed by atoms with E-state index in [0.29, 0.717) is 17.1 Å². The first-order valence-electron chi connectivity index (χ1n) is 3.72. The van der Waals surface area contributed by atoms with Gasteiger partial charge in [0.1, 0.15) is 5.82 Å². The molecule has 5 nitrogen and oxygen atoms in total. The summed E-state index contributed by atoms with van der Waals surface area (Å²) in [6.07, 6.45) is 1.62. The van der Waals surface area contributed by atoms with Crippen molar-refractivity contribution >= 4 is 11.2 Å². The van der Waals surface area contributed by atoms with Crippen molar-refractivity contribution in [2.24, 2.45) is 0 Å². The SMILES string of the molecule is CC(C)c1ncc2nonc2n1. The van der Waals surface area contributed by atoms with Gasteiger partial charge in [-0.3, -0.25) is 0 Å². The lowest BCUT2D eigenvalue weighted by Crippen LogP contribution is -1.96. The van der Waals surface area contributed by atoms with Gasteiger partial charge in [0.15, 0.2) is 5.52 Å². The van der Waals surface area contributed by atoms with E-state index in [-0.39, 0.29) is 0 Å². The maximum atomic E-state index is 4.50. The first-order chi connectivity index (χ1) is 5.77. The second-order valence-electron chi connectivity index (χ2n) is 2.86. The summed E-state index contributed by atoms with van der Waals surface area (Å²) in [6, 6.07) is 0. The van der Waals surface area contributed by atoms with Crippen molar-refractivity contribution in [2.45, 2.75) is 19.8 Å². The Labute approximate surface area is 68.8 Å². The summed E-state index contributed by atoms with van der Waals surface area (Å²) in [7, 11) is 0. The monoisotopic (exact) mass is 164 g/mol. The van der Waals surface area contributed by atoms with Crippen LogP contribution in [0.25, 0.3) is 11.2 Å². The average Bonchev–Trinajstić information content (AvgIpc) is 2.49. The van der Waals surface area contributed by atoms with Crippen molar-refractivity contribution in [3.63, 3.8) is 0 Å². The predicted molar refractivity (Wildman–Crippen MR) is 41.5 cm³/mol. The normalized spacial score (nSPS) is 11.2. The van der Waals surface area contributed by atoms with Crippen LogP contribution >= 0.6 is 0 Å². The Morgan fingerprint density at radius 2 is 2.17 bits per heavy atom. The molecule has 62 valence electrons. The summed E-state index contributed by atoms with van der Waals surface area (Å²) in [6.45, 7) is 4.04. The summed E-state index contributed by atoms with van der Waals surface area (Å²) in [4.78, 5) is 8.26. The number of hydrogen-bond donors (Lipinski definition) is 0. The molecule has 0 aliphatic heterocycles. The Hall–Kier alpha value is -1.52. The maximum absolute atomic E-state index is 4.50. The molecule has 2 heterocycles. The van der Waals surface area contributed by atoms with Gasteiger partial charge in [0.2, 0.25) is 5.65 Å². The number of rotatable bonds is 1. The van der Waals surface area contributed by atoms with E-state index in [1.54, 1.807) is 6.20 Å². The van der Waals surface area contributed by atoms with E-state index in [1.807, 2.05) is 13.8 Å². The summed E-state index contributed by atoms with van der Waals surface area (Å²) in [5, 5.41) is 7.23. The fourth-order valence-electron chi connectivity index (χ4n) is 0.892. The fourth-order valence-corrected chi connectivity index (χ4v) is 0.892. The Bertz CT molecular complexity index is 395. The molecule has 0 amide bonds. The molecule has 2 aromatic rings. The van der Waals surface area contributed by atoms with Gasteiger partial charge in [-0.2, -0.15) is 0 Å². The molecule has 0 radical (unpaired) electrons. The second-order valence-corrected chi connectivity index (χ2v) is 2.86. The standard InChI is InChI=1S/C7H8N4O/c1-4(2)6-8-3-5-7(9-6)11-12-10-5/h3-4H,1-2H3. The molecule has 0 saturated carbocycles. The highest BCUT2D eigenvalue weighted by atomic mass is 16.6. The zero-order valence-corrected chi connectivity index (χ0v) is 6.85. The van der Waals surface area contributed by atoms with Crippen molar-refractivity contribution in [3.05, 3.63) is 12.0 Å². The minimum absolute atomic E-state index is 0.297. The van der Waals surface area contributed by atoms with Gasteiger partial charge in [0.25, 0.3) is 0 Å². The third kappa shape index (κ3) is 1.03. The van der Waals surface area contributed by atoms with Crippen molar-refractivity contribution in [3.8, 4) is 0 Å². The largest absolute Gasteiger partial charge is 0.242 e. The fraction of sp³-hybridized carbons (Fsp3) is 0.429. The highest BCUT2D eigenvalue weighted by molar-refractivity contribution is 5.66. The van der Waals surface area contributed by atoms with Gasteiger partial charge >= 0.3 is 0 Å². The van der Waals surface area contributed by atoms with Gasteiger partial charge in [0.05, 0.1) is 6.20 Å². The number of aromatic nitrogens is 4. The van der Waals surface area contributed by atoms with Gasteiger partial charge in [-0.05, 0) is 10.3 Å². The van der Waals surface area contributed by atoms with E-state index < -0.39 is 0 Å².